The summed E-state index contributed by atoms with van der Waals surface area (Å²) in [6.07, 6.45) is 1.31. The fourth-order valence-corrected chi connectivity index (χ4v) is 2.27. The molecule has 0 atom stereocenters. The van der Waals surface area contributed by atoms with Crippen LogP contribution in [-0.4, -0.2) is 22.8 Å². The highest BCUT2D eigenvalue weighted by atomic mass is 35.5. The maximum Gasteiger partial charge on any atom is 0.271 e. The molecule has 0 saturated carbocycles. The van der Waals surface area contributed by atoms with Gasteiger partial charge in [-0.15, -0.1) is 0 Å². The van der Waals surface area contributed by atoms with Gasteiger partial charge in [0, 0.05) is 16.1 Å². The fourth-order valence-electron chi connectivity index (χ4n) is 1.87. The Morgan fingerprint density at radius 2 is 2.08 bits per heavy atom. The molecule has 0 aromatic heterocycles. The van der Waals surface area contributed by atoms with Crippen molar-refractivity contribution >= 4 is 35.3 Å². The third kappa shape index (κ3) is 5.42. The molecular formula is C18H17Cl2FN2O3. The van der Waals surface area contributed by atoms with E-state index in [4.69, 9.17) is 27.9 Å². The maximum absolute atomic E-state index is 13.8. The second-order valence-corrected chi connectivity index (χ2v) is 6.77. The molecule has 0 spiro atoms. The molecule has 138 valence electrons. The summed E-state index contributed by atoms with van der Waals surface area (Å²) in [6, 6.07) is 9.13. The zero-order valence-electron chi connectivity index (χ0n) is 14.1. The minimum absolute atomic E-state index is 0.0932. The van der Waals surface area contributed by atoms with Crippen molar-refractivity contribution in [3.63, 3.8) is 0 Å². The van der Waals surface area contributed by atoms with Gasteiger partial charge in [0.1, 0.15) is 23.8 Å². The van der Waals surface area contributed by atoms with E-state index in [1.807, 2.05) is 0 Å². The van der Waals surface area contributed by atoms with Crippen molar-refractivity contribution in [1.29, 1.82) is 0 Å². The zero-order chi connectivity index (χ0) is 19.3. The second-order valence-electron chi connectivity index (χ2n) is 5.93. The molecule has 0 unspecified atom stereocenters. The molecule has 8 heteroatoms. The topological polar surface area (TPSA) is 70.9 Å². The van der Waals surface area contributed by atoms with Crippen LogP contribution in [0.3, 0.4) is 0 Å². The lowest BCUT2D eigenvalue weighted by Crippen LogP contribution is -2.39. The predicted octanol–water partition coefficient (Wildman–Crippen LogP) is 3.93. The number of carbonyl (C=O) groups is 1. The number of hydrazone groups is 1. The predicted molar refractivity (Wildman–Crippen MR) is 99.2 cm³/mol. The van der Waals surface area contributed by atoms with Crippen LogP contribution in [0.25, 0.3) is 0 Å². The fraction of sp³-hybridized carbons (Fsp3) is 0.222. The highest BCUT2D eigenvalue weighted by Crippen LogP contribution is 2.25. The maximum atomic E-state index is 13.8. The second kappa shape index (κ2) is 8.49. The molecule has 0 heterocycles. The summed E-state index contributed by atoms with van der Waals surface area (Å²) in [5.41, 5.74) is 1.33. The van der Waals surface area contributed by atoms with E-state index < -0.39 is 17.3 Å². The molecular weight excluding hydrogens is 382 g/mol. The third-order valence-corrected chi connectivity index (χ3v) is 3.92. The SMILES string of the molecule is CC(C)(O)C(=O)NN=Cc1cc(Cl)ccc1OCc1c(F)cccc1Cl. The molecule has 0 aliphatic rings. The van der Waals surface area contributed by atoms with E-state index in [1.54, 1.807) is 24.3 Å². The van der Waals surface area contributed by atoms with Crippen molar-refractivity contribution in [1.82, 2.24) is 5.43 Å². The first-order chi connectivity index (χ1) is 12.2. The minimum atomic E-state index is -1.56. The van der Waals surface area contributed by atoms with Gasteiger partial charge in [0.05, 0.1) is 11.2 Å². The van der Waals surface area contributed by atoms with Gasteiger partial charge in [-0.2, -0.15) is 5.10 Å². The number of ether oxygens (including phenoxy) is 1. The lowest BCUT2D eigenvalue weighted by atomic mass is 10.1. The highest BCUT2D eigenvalue weighted by Gasteiger charge is 2.23. The summed E-state index contributed by atoms with van der Waals surface area (Å²) in [4.78, 5) is 11.6. The molecule has 0 bridgehead atoms. The van der Waals surface area contributed by atoms with Crippen LogP contribution in [-0.2, 0) is 11.4 Å². The largest absolute Gasteiger partial charge is 0.488 e. The van der Waals surface area contributed by atoms with Gasteiger partial charge in [0.25, 0.3) is 5.91 Å². The molecule has 2 rings (SSSR count). The standard InChI is InChI=1S/C18H17Cl2FN2O3/c1-18(2,25)17(24)23-22-9-11-8-12(19)6-7-16(11)26-10-13-14(20)4-3-5-15(13)21/h3-9,25H,10H2,1-2H3,(H,23,24). The number of hydrogen-bond donors (Lipinski definition) is 2. The number of nitrogens with one attached hydrogen (secondary N) is 1. The quantitative estimate of drug-likeness (QED) is 0.571. The van der Waals surface area contributed by atoms with Crippen LogP contribution in [0, 0.1) is 5.82 Å². The normalized spacial score (nSPS) is 11.6. The van der Waals surface area contributed by atoms with Gasteiger partial charge in [0.15, 0.2) is 0 Å². The van der Waals surface area contributed by atoms with Gasteiger partial charge >= 0.3 is 0 Å². The van der Waals surface area contributed by atoms with Crippen molar-refractivity contribution in [3.05, 3.63) is 63.4 Å². The molecule has 26 heavy (non-hydrogen) atoms. The van der Waals surface area contributed by atoms with Gasteiger partial charge in [0.2, 0.25) is 0 Å². The Morgan fingerprint density at radius 1 is 1.35 bits per heavy atom. The molecule has 0 fully saturated rings. The Kier molecular flexibility index (Phi) is 6.58. The summed E-state index contributed by atoms with van der Waals surface area (Å²) >= 11 is 12.0. The number of halogens is 3. The smallest absolute Gasteiger partial charge is 0.271 e. The van der Waals surface area contributed by atoms with Gasteiger partial charge in [-0.3, -0.25) is 4.79 Å². The van der Waals surface area contributed by atoms with E-state index in [0.717, 1.165) is 0 Å². The molecule has 5 nitrogen and oxygen atoms in total. The van der Waals surface area contributed by atoms with Gasteiger partial charge in [-0.1, -0.05) is 29.3 Å². The number of hydrogen-bond acceptors (Lipinski definition) is 4. The lowest BCUT2D eigenvalue weighted by molar-refractivity contribution is -0.136. The lowest BCUT2D eigenvalue weighted by Gasteiger charge is -2.14. The zero-order valence-corrected chi connectivity index (χ0v) is 15.6. The van der Waals surface area contributed by atoms with Crippen LogP contribution in [0.5, 0.6) is 5.75 Å². The third-order valence-electron chi connectivity index (χ3n) is 3.33. The van der Waals surface area contributed by atoms with Crippen LogP contribution < -0.4 is 10.2 Å². The molecule has 2 aromatic rings. The van der Waals surface area contributed by atoms with Crippen LogP contribution in [0.2, 0.25) is 10.0 Å². The van der Waals surface area contributed by atoms with E-state index in [2.05, 4.69) is 10.5 Å². The van der Waals surface area contributed by atoms with Crippen LogP contribution in [0.15, 0.2) is 41.5 Å². The Labute approximate surface area is 160 Å². The van der Waals surface area contributed by atoms with Crippen molar-refractivity contribution in [2.24, 2.45) is 5.10 Å². The summed E-state index contributed by atoms with van der Waals surface area (Å²) in [6.45, 7) is 2.58. The molecule has 2 N–H and O–H groups in total. The van der Waals surface area contributed by atoms with Crippen LogP contribution >= 0.6 is 23.2 Å². The Bertz CT molecular complexity index is 815. The highest BCUT2D eigenvalue weighted by molar-refractivity contribution is 6.31. The van der Waals surface area contributed by atoms with Crippen LogP contribution in [0.1, 0.15) is 25.0 Å². The molecule has 0 radical (unpaired) electrons. The van der Waals surface area contributed by atoms with E-state index in [0.29, 0.717) is 16.3 Å². The number of carbonyl (C=O) groups excluding carboxylic acids is 1. The van der Waals surface area contributed by atoms with Gasteiger partial charge in [-0.05, 0) is 44.2 Å². The molecule has 0 aliphatic carbocycles. The number of aliphatic hydroxyl groups is 1. The first kappa shape index (κ1) is 20.2. The van der Waals surface area contributed by atoms with Crippen molar-refractivity contribution < 1.29 is 19.0 Å². The number of amides is 1. The number of rotatable bonds is 6. The average Bonchev–Trinajstić information content (AvgIpc) is 2.55. The molecule has 0 saturated heterocycles. The van der Waals surface area contributed by atoms with E-state index >= 15 is 0 Å². The molecule has 0 aliphatic heterocycles. The summed E-state index contributed by atoms with van der Waals surface area (Å²) in [5.74, 6) is -0.773. The summed E-state index contributed by atoms with van der Waals surface area (Å²) in [5, 5.41) is 14.0. The van der Waals surface area contributed by atoms with Crippen LogP contribution in [0.4, 0.5) is 4.39 Å². The Hall–Kier alpha value is -2.15. The Balaban J connectivity index is 2.16. The van der Waals surface area contributed by atoms with E-state index in [1.165, 1.54) is 32.2 Å². The van der Waals surface area contributed by atoms with E-state index in [-0.39, 0.29) is 17.2 Å². The first-order valence-electron chi connectivity index (χ1n) is 7.59. The van der Waals surface area contributed by atoms with Crippen molar-refractivity contribution in [2.45, 2.75) is 26.1 Å². The molecule has 1 amide bonds. The average molecular weight is 399 g/mol. The number of nitrogens with zero attached hydrogens (tertiary/aromatic N) is 1. The van der Waals surface area contributed by atoms with Gasteiger partial charge < -0.3 is 9.84 Å². The minimum Gasteiger partial charge on any atom is -0.488 e. The first-order valence-corrected chi connectivity index (χ1v) is 8.35. The Morgan fingerprint density at radius 3 is 2.73 bits per heavy atom. The number of benzene rings is 2. The van der Waals surface area contributed by atoms with E-state index in [9.17, 15) is 14.3 Å². The van der Waals surface area contributed by atoms with Gasteiger partial charge in [-0.25, -0.2) is 9.82 Å². The molecule has 2 aromatic carbocycles. The van der Waals surface area contributed by atoms with Crippen molar-refractivity contribution in [2.75, 3.05) is 0 Å². The summed E-state index contributed by atoms with van der Waals surface area (Å²) < 4.78 is 19.5. The van der Waals surface area contributed by atoms with Crippen molar-refractivity contribution in [3.8, 4) is 5.75 Å². The monoisotopic (exact) mass is 398 g/mol. The summed E-state index contributed by atoms with van der Waals surface area (Å²) in [7, 11) is 0.